The molecule has 146 valence electrons. The maximum absolute atomic E-state index is 2.65. The van der Waals surface area contributed by atoms with Crippen molar-refractivity contribution in [3.05, 3.63) is 72.8 Å². The van der Waals surface area contributed by atoms with Crippen LogP contribution in [0, 0.1) is 5.92 Å². The van der Waals surface area contributed by atoms with E-state index < -0.39 is 0 Å². The molecule has 1 heterocycles. The molecule has 0 spiro atoms. The van der Waals surface area contributed by atoms with E-state index in [0.29, 0.717) is 5.92 Å². The number of hydrogen-bond acceptors (Lipinski definition) is 0. The van der Waals surface area contributed by atoms with Crippen LogP contribution < -0.4 is 0 Å². The highest BCUT2D eigenvalue weighted by molar-refractivity contribution is 6.22. The summed E-state index contributed by atoms with van der Waals surface area (Å²) in [4.78, 5) is 0. The predicted octanol–water partition coefficient (Wildman–Crippen LogP) is 8.32. The third kappa shape index (κ3) is 3.00. The largest absolute Gasteiger partial charge is 0.339 e. The molecule has 29 heavy (non-hydrogen) atoms. The molecule has 0 radical (unpaired) electrons. The highest BCUT2D eigenvalue weighted by Gasteiger charge is 2.18. The zero-order valence-corrected chi connectivity index (χ0v) is 17.5. The van der Waals surface area contributed by atoms with Gasteiger partial charge in [0.2, 0.25) is 0 Å². The fourth-order valence-corrected chi connectivity index (χ4v) is 5.00. The first-order valence-electron chi connectivity index (χ1n) is 11.1. The van der Waals surface area contributed by atoms with E-state index in [1.54, 1.807) is 0 Å². The molecule has 0 saturated heterocycles. The minimum atomic E-state index is 0.715. The number of fused-ring (bicyclic) bond motifs is 7. The van der Waals surface area contributed by atoms with Crippen molar-refractivity contribution < 1.29 is 0 Å². The van der Waals surface area contributed by atoms with Gasteiger partial charge in [-0.3, -0.25) is 0 Å². The third-order valence-corrected chi connectivity index (χ3v) is 6.62. The fourth-order valence-electron chi connectivity index (χ4n) is 5.00. The first kappa shape index (κ1) is 18.2. The van der Waals surface area contributed by atoms with Crippen molar-refractivity contribution in [3.8, 4) is 0 Å². The number of unbranched alkanes of at least 4 members (excludes halogenated alkanes) is 1. The van der Waals surface area contributed by atoms with E-state index in [0.717, 1.165) is 6.54 Å². The van der Waals surface area contributed by atoms with E-state index in [4.69, 9.17) is 0 Å². The minimum Gasteiger partial charge on any atom is -0.339 e. The van der Waals surface area contributed by atoms with Gasteiger partial charge in [-0.25, -0.2) is 0 Å². The Morgan fingerprint density at radius 1 is 0.655 bits per heavy atom. The predicted molar refractivity (Wildman–Crippen MR) is 128 cm³/mol. The summed E-state index contributed by atoms with van der Waals surface area (Å²) in [5.41, 5.74) is 2.81. The van der Waals surface area contributed by atoms with Gasteiger partial charge in [-0.05, 0) is 23.1 Å². The van der Waals surface area contributed by atoms with E-state index in [2.05, 4.69) is 91.2 Å². The summed E-state index contributed by atoms with van der Waals surface area (Å²) in [5, 5.41) is 8.17. The van der Waals surface area contributed by atoms with Crippen LogP contribution in [0.5, 0.6) is 0 Å². The zero-order chi connectivity index (χ0) is 19.8. The van der Waals surface area contributed by atoms with Crippen molar-refractivity contribution in [1.29, 1.82) is 0 Å². The lowest BCUT2D eigenvalue weighted by Crippen LogP contribution is -2.10. The Labute approximate surface area is 172 Å². The van der Waals surface area contributed by atoms with Crippen LogP contribution in [0.1, 0.15) is 39.5 Å². The molecule has 0 saturated carbocycles. The van der Waals surface area contributed by atoms with Crippen LogP contribution >= 0.6 is 0 Å². The number of rotatable bonds is 6. The molecule has 0 amide bonds. The molecule has 1 unspecified atom stereocenters. The fraction of sp³-hybridized carbons (Fsp3) is 0.286. The topological polar surface area (TPSA) is 4.93 Å². The molecule has 1 aromatic heterocycles. The Kier molecular flexibility index (Phi) is 4.75. The van der Waals surface area contributed by atoms with E-state index >= 15 is 0 Å². The van der Waals surface area contributed by atoms with Gasteiger partial charge < -0.3 is 4.57 Å². The molecule has 0 N–H and O–H groups in total. The number of benzene rings is 4. The van der Waals surface area contributed by atoms with E-state index in [-0.39, 0.29) is 0 Å². The molecular weight excluding hydrogens is 350 g/mol. The molecule has 1 atom stereocenters. The van der Waals surface area contributed by atoms with E-state index in [9.17, 15) is 0 Å². The molecule has 5 aromatic rings. The number of aromatic nitrogens is 1. The quantitative estimate of drug-likeness (QED) is 0.279. The molecule has 0 bridgehead atoms. The Bertz CT molecular complexity index is 1210. The standard InChI is InChI=1S/C28H29N/c1-3-5-10-20(4-2)19-29-27-23-13-8-6-11-21(23)15-17-25(27)26-18-16-22-12-7-9-14-24(22)28(26)29/h6-9,11-18,20H,3-5,10,19H2,1-2H3. The summed E-state index contributed by atoms with van der Waals surface area (Å²) in [5.74, 6) is 0.715. The average molecular weight is 380 g/mol. The van der Waals surface area contributed by atoms with Crippen LogP contribution in [-0.4, -0.2) is 4.57 Å². The molecule has 5 rings (SSSR count). The zero-order valence-electron chi connectivity index (χ0n) is 17.5. The number of hydrogen-bond donors (Lipinski definition) is 0. The maximum atomic E-state index is 2.65. The van der Waals surface area contributed by atoms with Crippen molar-refractivity contribution in [2.75, 3.05) is 0 Å². The van der Waals surface area contributed by atoms with Crippen LogP contribution in [0.15, 0.2) is 72.8 Å². The van der Waals surface area contributed by atoms with Crippen molar-refractivity contribution in [1.82, 2.24) is 4.57 Å². The SMILES string of the molecule is CCCCC(CC)Cn1c2c3ccccc3ccc2c2ccc3ccccc3c21. The van der Waals surface area contributed by atoms with Gasteiger partial charge >= 0.3 is 0 Å². The summed E-state index contributed by atoms with van der Waals surface area (Å²) < 4.78 is 2.65. The molecule has 0 aliphatic heterocycles. The van der Waals surface area contributed by atoms with Gasteiger partial charge in [0.05, 0.1) is 11.0 Å². The van der Waals surface area contributed by atoms with E-state index in [1.807, 2.05) is 0 Å². The first-order valence-corrected chi connectivity index (χ1v) is 11.1. The lowest BCUT2D eigenvalue weighted by Gasteiger charge is -2.18. The highest BCUT2D eigenvalue weighted by Crippen LogP contribution is 2.38. The summed E-state index contributed by atoms with van der Waals surface area (Å²) in [7, 11) is 0. The first-order chi connectivity index (χ1) is 14.3. The lowest BCUT2D eigenvalue weighted by molar-refractivity contribution is 0.401. The molecule has 1 heteroatoms. The third-order valence-electron chi connectivity index (χ3n) is 6.62. The average Bonchev–Trinajstić information content (AvgIpc) is 3.10. The number of nitrogens with zero attached hydrogens (tertiary/aromatic N) is 1. The van der Waals surface area contributed by atoms with Gasteiger partial charge in [0.25, 0.3) is 0 Å². The van der Waals surface area contributed by atoms with Gasteiger partial charge in [0.1, 0.15) is 0 Å². The Balaban J connectivity index is 1.88. The highest BCUT2D eigenvalue weighted by atomic mass is 15.0. The Morgan fingerprint density at radius 3 is 1.72 bits per heavy atom. The Hall–Kier alpha value is -2.80. The van der Waals surface area contributed by atoms with Gasteiger partial charge in [0.15, 0.2) is 0 Å². The van der Waals surface area contributed by atoms with Gasteiger partial charge in [-0.15, -0.1) is 0 Å². The summed E-state index contributed by atoms with van der Waals surface area (Å²) in [6.07, 6.45) is 5.13. The second-order valence-corrected chi connectivity index (χ2v) is 8.39. The normalized spacial score (nSPS) is 13.0. The molecule has 4 aromatic carbocycles. The molecule has 0 aliphatic carbocycles. The van der Waals surface area contributed by atoms with Crippen LogP contribution in [0.4, 0.5) is 0 Å². The van der Waals surface area contributed by atoms with Crippen LogP contribution in [0.2, 0.25) is 0 Å². The maximum Gasteiger partial charge on any atom is 0.0571 e. The van der Waals surface area contributed by atoms with Crippen LogP contribution in [-0.2, 0) is 6.54 Å². The monoisotopic (exact) mass is 379 g/mol. The van der Waals surface area contributed by atoms with Crippen LogP contribution in [0.25, 0.3) is 43.4 Å². The van der Waals surface area contributed by atoms with Gasteiger partial charge in [-0.1, -0.05) is 106 Å². The van der Waals surface area contributed by atoms with Gasteiger partial charge in [0, 0.05) is 28.1 Å². The minimum absolute atomic E-state index is 0.715. The molecule has 1 nitrogen and oxygen atoms in total. The van der Waals surface area contributed by atoms with Gasteiger partial charge in [-0.2, -0.15) is 0 Å². The Morgan fingerprint density at radius 2 is 1.21 bits per heavy atom. The second kappa shape index (κ2) is 7.55. The lowest BCUT2D eigenvalue weighted by atomic mass is 9.99. The second-order valence-electron chi connectivity index (χ2n) is 8.39. The van der Waals surface area contributed by atoms with Crippen molar-refractivity contribution in [2.45, 2.75) is 46.1 Å². The summed E-state index contributed by atoms with van der Waals surface area (Å²) >= 11 is 0. The smallest absolute Gasteiger partial charge is 0.0571 e. The van der Waals surface area contributed by atoms with E-state index in [1.165, 1.54) is 69.0 Å². The molecular formula is C28H29N. The summed E-state index contributed by atoms with van der Waals surface area (Å²) in [6, 6.07) is 26.9. The van der Waals surface area contributed by atoms with Crippen molar-refractivity contribution in [2.24, 2.45) is 5.92 Å². The molecule has 0 aliphatic rings. The van der Waals surface area contributed by atoms with Crippen molar-refractivity contribution in [3.63, 3.8) is 0 Å². The van der Waals surface area contributed by atoms with Crippen molar-refractivity contribution >= 4 is 43.4 Å². The van der Waals surface area contributed by atoms with Crippen LogP contribution in [0.3, 0.4) is 0 Å². The summed E-state index contributed by atoms with van der Waals surface area (Å²) in [6.45, 7) is 5.75. The molecule has 0 fully saturated rings.